The summed E-state index contributed by atoms with van der Waals surface area (Å²) in [4.78, 5) is 17.8. The molecule has 1 aromatic heterocycles. The first-order valence-electron chi connectivity index (χ1n) is 12.3. The second-order valence-electron chi connectivity index (χ2n) is 8.73. The van der Waals surface area contributed by atoms with Gasteiger partial charge in [0.2, 0.25) is 0 Å². The summed E-state index contributed by atoms with van der Waals surface area (Å²) in [6.07, 6.45) is 3.97. The van der Waals surface area contributed by atoms with Crippen molar-refractivity contribution in [3.8, 4) is 22.6 Å². The van der Waals surface area contributed by atoms with E-state index in [4.69, 9.17) is 5.73 Å². The highest BCUT2D eigenvalue weighted by molar-refractivity contribution is 5.87. The molecule has 0 saturated heterocycles. The topological polar surface area (TPSA) is 81.6 Å². The summed E-state index contributed by atoms with van der Waals surface area (Å²) in [6, 6.07) is 10.6. The van der Waals surface area contributed by atoms with Gasteiger partial charge < -0.3 is 15.8 Å². The monoisotopic (exact) mass is 560 g/mol. The van der Waals surface area contributed by atoms with E-state index in [9.17, 15) is 26.7 Å². The molecule has 212 valence electrons. The molecule has 0 aliphatic rings. The molecule has 0 unspecified atom stereocenters. The van der Waals surface area contributed by atoms with Crippen LogP contribution in [0.25, 0.3) is 22.9 Å². The van der Waals surface area contributed by atoms with Gasteiger partial charge in [0, 0.05) is 42.1 Å². The number of alkyl halides is 5. The molecule has 0 aliphatic carbocycles. The van der Waals surface area contributed by atoms with Crippen molar-refractivity contribution in [2.45, 2.75) is 33.1 Å². The molecule has 0 amide bonds. The van der Waals surface area contributed by atoms with Crippen molar-refractivity contribution in [3.05, 3.63) is 93.6 Å². The standard InChI is InChI=1S/C29H29F5N4O2/c1-4-5-22(37-17-29(32,33)34)9-6-20-16-38(23-10-13-25(35)21(14-23)15-36-3)27(39)26(18(20)2)19-7-11-24(12-8-19)40-28(30)31/h5-16,28,37H,4,17,35H2,1-3H3/b9-6-,22-5-,36-15?. The molecule has 0 saturated carbocycles. The number of hydrogen-bond donors (Lipinski definition) is 2. The summed E-state index contributed by atoms with van der Waals surface area (Å²) < 4.78 is 69.5. The van der Waals surface area contributed by atoms with E-state index < -0.39 is 24.9 Å². The number of aliphatic imine (C=N–C) groups is 1. The molecule has 40 heavy (non-hydrogen) atoms. The number of nitrogen functional groups attached to an aromatic ring is 1. The summed E-state index contributed by atoms with van der Waals surface area (Å²) in [5.74, 6) is -0.0695. The SMILES string of the molecule is CC/C=C(/C=C\c1cn(-c2ccc(N)c(C=NC)c2)c(=O)c(-c2ccc(OC(F)F)cc2)c1C)NCC(F)(F)F. The molecule has 3 rings (SSSR count). The van der Waals surface area contributed by atoms with Crippen molar-refractivity contribution in [1.29, 1.82) is 0 Å². The zero-order chi connectivity index (χ0) is 29.4. The Morgan fingerprint density at radius 1 is 1.15 bits per heavy atom. The van der Waals surface area contributed by atoms with E-state index >= 15 is 0 Å². The maximum atomic E-state index is 13.8. The lowest BCUT2D eigenvalue weighted by Gasteiger charge is -2.16. The molecular formula is C29H29F5N4O2. The van der Waals surface area contributed by atoms with E-state index in [-0.39, 0.29) is 17.0 Å². The van der Waals surface area contributed by atoms with Crippen LogP contribution < -0.4 is 21.3 Å². The Bertz CT molecular complexity index is 1470. The van der Waals surface area contributed by atoms with Crippen LogP contribution in [-0.2, 0) is 0 Å². The maximum absolute atomic E-state index is 13.8. The largest absolute Gasteiger partial charge is 0.435 e. The Balaban J connectivity index is 2.20. The van der Waals surface area contributed by atoms with Crippen molar-refractivity contribution in [1.82, 2.24) is 9.88 Å². The summed E-state index contributed by atoms with van der Waals surface area (Å²) in [7, 11) is 1.58. The molecule has 3 N–H and O–H groups in total. The molecule has 11 heteroatoms. The number of aromatic nitrogens is 1. The summed E-state index contributed by atoms with van der Waals surface area (Å²) in [5.41, 5.74) is 9.21. The lowest BCUT2D eigenvalue weighted by Crippen LogP contribution is -2.27. The van der Waals surface area contributed by atoms with Crippen LogP contribution in [0.5, 0.6) is 5.75 Å². The fourth-order valence-corrected chi connectivity index (χ4v) is 3.99. The summed E-state index contributed by atoms with van der Waals surface area (Å²) >= 11 is 0. The van der Waals surface area contributed by atoms with Gasteiger partial charge in [-0.1, -0.05) is 31.2 Å². The van der Waals surface area contributed by atoms with Gasteiger partial charge in [-0.3, -0.25) is 14.4 Å². The van der Waals surface area contributed by atoms with Gasteiger partial charge in [0.15, 0.2) is 0 Å². The van der Waals surface area contributed by atoms with Crippen molar-refractivity contribution >= 4 is 18.0 Å². The number of benzene rings is 2. The number of nitrogens with one attached hydrogen (secondary N) is 1. The van der Waals surface area contributed by atoms with E-state index in [2.05, 4.69) is 15.0 Å². The van der Waals surface area contributed by atoms with Crippen LogP contribution in [0.15, 0.2) is 76.3 Å². The van der Waals surface area contributed by atoms with Gasteiger partial charge >= 0.3 is 12.8 Å². The van der Waals surface area contributed by atoms with E-state index in [1.807, 2.05) is 0 Å². The average Bonchev–Trinajstić information content (AvgIpc) is 2.88. The number of allylic oxidation sites excluding steroid dienone is 2. The average molecular weight is 561 g/mol. The number of ether oxygens (including phenoxy) is 1. The van der Waals surface area contributed by atoms with E-state index in [1.54, 1.807) is 63.7 Å². The Morgan fingerprint density at radius 3 is 2.45 bits per heavy atom. The van der Waals surface area contributed by atoms with Gasteiger partial charge in [0.25, 0.3) is 5.56 Å². The molecular weight excluding hydrogens is 531 g/mol. The number of nitrogens with zero attached hydrogens (tertiary/aromatic N) is 2. The lowest BCUT2D eigenvalue weighted by atomic mass is 9.97. The van der Waals surface area contributed by atoms with Gasteiger partial charge in [0.05, 0.1) is 5.56 Å². The van der Waals surface area contributed by atoms with Crippen molar-refractivity contribution in [3.63, 3.8) is 0 Å². The molecule has 2 aromatic carbocycles. The lowest BCUT2D eigenvalue weighted by molar-refractivity contribution is -0.123. The third-order valence-corrected chi connectivity index (χ3v) is 5.85. The zero-order valence-electron chi connectivity index (χ0n) is 22.1. The van der Waals surface area contributed by atoms with Crippen molar-refractivity contribution in [2.75, 3.05) is 19.3 Å². The van der Waals surface area contributed by atoms with Crippen LogP contribution in [0.2, 0.25) is 0 Å². The van der Waals surface area contributed by atoms with E-state index in [0.29, 0.717) is 40.0 Å². The number of pyridine rings is 1. The first kappa shape index (κ1) is 30.1. The summed E-state index contributed by atoms with van der Waals surface area (Å²) in [6.45, 7) is -0.699. The third-order valence-electron chi connectivity index (χ3n) is 5.85. The molecule has 0 spiro atoms. The quantitative estimate of drug-likeness (QED) is 0.128. The van der Waals surface area contributed by atoms with Crippen LogP contribution in [0, 0.1) is 6.92 Å². The number of anilines is 1. The number of nitrogens with two attached hydrogens (primary N) is 1. The number of hydrogen-bond acceptors (Lipinski definition) is 5. The first-order chi connectivity index (χ1) is 18.9. The molecule has 0 aliphatic heterocycles. The minimum absolute atomic E-state index is 0.0695. The van der Waals surface area contributed by atoms with Crippen molar-refractivity contribution < 1.29 is 26.7 Å². The minimum Gasteiger partial charge on any atom is -0.435 e. The fourth-order valence-electron chi connectivity index (χ4n) is 3.99. The highest BCUT2D eigenvalue weighted by Gasteiger charge is 2.26. The Kier molecular flexibility index (Phi) is 9.87. The second kappa shape index (κ2) is 13.1. The number of halogens is 5. The van der Waals surface area contributed by atoms with E-state index in [0.717, 1.165) is 0 Å². The smallest absolute Gasteiger partial charge is 0.405 e. The van der Waals surface area contributed by atoms with Crippen LogP contribution in [0.4, 0.5) is 27.6 Å². The van der Waals surface area contributed by atoms with Crippen LogP contribution in [-0.4, -0.2) is 37.2 Å². The first-order valence-corrected chi connectivity index (χ1v) is 12.3. The Hall–Kier alpha value is -4.41. The van der Waals surface area contributed by atoms with Gasteiger partial charge in [0.1, 0.15) is 12.3 Å². The normalized spacial score (nSPS) is 12.6. The van der Waals surface area contributed by atoms with Crippen LogP contribution in [0.3, 0.4) is 0 Å². The van der Waals surface area contributed by atoms with E-state index in [1.165, 1.54) is 34.9 Å². The molecule has 1 heterocycles. The van der Waals surface area contributed by atoms with Crippen molar-refractivity contribution in [2.24, 2.45) is 4.99 Å². The molecule has 0 radical (unpaired) electrons. The zero-order valence-corrected chi connectivity index (χ0v) is 22.1. The molecule has 0 atom stereocenters. The van der Waals surface area contributed by atoms with Gasteiger partial charge in [-0.15, -0.1) is 0 Å². The van der Waals surface area contributed by atoms with Crippen LogP contribution >= 0.6 is 0 Å². The van der Waals surface area contributed by atoms with Crippen LogP contribution in [0.1, 0.15) is 30.0 Å². The molecule has 0 fully saturated rings. The Labute approximate surface area is 228 Å². The second-order valence-corrected chi connectivity index (χ2v) is 8.73. The highest BCUT2D eigenvalue weighted by Crippen LogP contribution is 2.27. The predicted molar refractivity (Wildman–Crippen MR) is 148 cm³/mol. The van der Waals surface area contributed by atoms with Gasteiger partial charge in [-0.25, -0.2) is 0 Å². The molecule has 3 aromatic rings. The predicted octanol–water partition coefficient (Wildman–Crippen LogP) is 6.50. The number of rotatable bonds is 10. The minimum atomic E-state index is -4.40. The maximum Gasteiger partial charge on any atom is 0.405 e. The third kappa shape index (κ3) is 7.81. The van der Waals surface area contributed by atoms with Gasteiger partial charge in [-0.05, 0) is 66.4 Å². The van der Waals surface area contributed by atoms with Gasteiger partial charge in [-0.2, -0.15) is 22.0 Å². The fraction of sp³-hybridized carbons (Fsp3) is 0.241. The molecule has 6 nitrogen and oxygen atoms in total. The molecule has 0 bridgehead atoms. The highest BCUT2D eigenvalue weighted by atomic mass is 19.4. The Morgan fingerprint density at radius 2 is 1.85 bits per heavy atom. The summed E-state index contributed by atoms with van der Waals surface area (Å²) in [5, 5.41) is 2.38.